The number of fused-ring (bicyclic) bond motifs is 3. The van der Waals surface area contributed by atoms with Gasteiger partial charge in [0, 0.05) is 12.4 Å². The molecular formula is C15H14N4O2. The minimum Gasteiger partial charge on any atom is -0.478 e. The van der Waals surface area contributed by atoms with Gasteiger partial charge in [0.25, 0.3) is 0 Å². The molecule has 0 bridgehead atoms. The van der Waals surface area contributed by atoms with Crippen molar-refractivity contribution < 1.29 is 9.90 Å². The topological polar surface area (TPSA) is 94.0 Å². The number of hydrogen-bond donors (Lipinski definition) is 2. The Morgan fingerprint density at radius 3 is 2.81 bits per heavy atom. The first-order chi connectivity index (χ1) is 10.1. The monoisotopic (exact) mass is 282 g/mol. The van der Waals surface area contributed by atoms with Crippen molar-refractivity contribution in [1.82, 2.24) is 14.8 Å². The number of carboxylic acids is 1. The Labute approximate surface area is 120 Å². The summed E-state index contributed by atoms with van der Waals surface area (Å²) in [5.74, 6) is -0.132. The maximum absolute atomic E-state index is 11.6. The molecule has 106 valence electrons. The minimum absolute atomic E-state index is 0.339. The van der Waals surface area contributed by atoms with Crippen molar-refractivity contribution in [3.8, 4) is 0 Å². The standard InChI is InChI=1S/C15H14N4O2/c1-19-13-10-4-9(15(20)21)8(7-2-3-7)5-12(10)18-14(16)11(13)6-17-19/h4-7H,2-3H2,1H3,(H2,16,18)(H,20,21). The largest absolute Gasteiger partial charge is 0.478 e. The Bertz CT molecular complexity index is 909. The van der Waals surface area contributed by atoms with E-state index in [1.807, 2.05) is 13.1 Å². The van der Waals surface area contributed by atoms with Gasteiger partial charge >= 0.3 is 5.97 Å². The van der Waals surface area contributed by atoms with Gasteiger partial charge in [-0.05, 0) is 36.5 Å². The van der Waals surface area contributed by atoms with Crippen LogP contribution in [0.4, 0.5) is 5.82 Å². The second-order valence-electron chi connectivity index (χ2n) is 5.56. The van der Waals surface area contributed by atoms with Crippen molar-refractivity contribution in [3.63, 3.8) is 0 Å². The summed E-state index contributed by atoms with van der Waals surface area (Å²) in [6.07, 6.45) is 3.73. The zero-order valence-corrected chi connectivity index (χ0v) is 11.5. The van der Waals surface area contributed by atoms with Crippen molar-refractivity contribution in [2.45, 2.75) is 18.8 Å². The number of aromatic nitrogens is 3. The zero-order chi connectivity index (χ0) is 14.7. The summed E-state index contributed by atoms with van der Waals surface area (Å²) < 4.78 is 1.71. The van der Waals surface area contributed by atoms with Gasteiger partial charge in [0.15, 0.2) is 0 Å². The van der Waals surface area contributed by atoms with Crippen molar-refractivity contribution >= 4 is 33.6 Å². The predicted octanol–water partition coefficient (Wildman–Crippen LogP) is 2.28. The number of nitrogen functional groups attached to an aromatic ring is 1. The third kappa shape index (κ3) is 1.68. The third-order valence-electron chi connectivity index (χ3n) is 4.13. The minimum atomic E-state index is -0.897. The number of hydrogen-bond acceptors (Lipinski definition) is 4. The fourth-order valence-electron chi connectivity index (χ4n) is 2.94. The highest BCUT2D eigenvalue weighted by Gasteiger charge is 2.29. The fourth-order valence-corrected chi connectivity index (χ4v) is 2.94. The lowest BCUT2D eigenvalue weighted by Gasteiger charge is -2.09. The van der Waals surface area contributed by atoms with E-state index in [9.17, 15) is 9.90 Å². The first-order valence-electron chi connectivity index (χ1n) is 6.84. The molecular weight excluding hydrogens is 268 g/mol. The number of aromatic carboxylic acids is 1. The van der Waals surface area contributed by atoms with Crippen LogP contribution in [-0.4, -0.2) is 25.8 Å². The molecule has 3 aromatic rings. The highest BCUT2D eigenvalue weighted by molar-refractivity contribution is 6.10. The molecule has 1 aliphatic carbocycles. The Balaban J connectivity index is 2.16. The molecule has 2 aromatic heterocycles. The number of carboxylic acid groups (broad SMARTS) is 1. The number of nitrogens with zero attached hydrogens (tertiary/aromatic N) is 3. The van der Waals surface area contributed by atoms with Crippen LogP contribution in [0.2, 0.25) is 0 Å². The maximum Gasteiger partial charge on any atom is 0.335 e. The number of nitrogens with two attached hydrogens (primary N) is 1. The Hall–Kier alpha value is -2.63. The van der Waals surface area contributed by atoms with Crippen LogP contribution in [0.5, 0.6) is 0 Å². The van der Waals surface area contributed by atoms with Crippen LogP contribution in [0.1, 0.15) is 34.7 Å². The Kier molecular flexibility index (Phi) is 2.28. The fraction of sp³-hybridized carbons (Fsp3) is 0.267. The highest BCUT2D eigenvalue weighted by Crippen LogP contribution is 2.43. The van der Waals surface area contributed by atoms with Crippen molar-refractivity contribution in [2.75, 3.05) is 5.73 Å². The Morgan fingerprint density at radius 1 is 1.38 bits per heavy atom. The summed E-state index contributed by atoms with van der Waals surface area (Å²) in [4.78, 5) is 16.0. The molecule has 6 heteroatoms. The van der Waals surface area contributed by atoms with Gasteiger partial charge < -0.3 is 10.8 Å². The number of benzene rings is 1. The number of pyridine rings is 1. The second kappa shape index (κ2) is 3.94. The molecule has 0 radical (unpaired) electrons. The molecule has 2 heterocycles. The zero-order valence-electron chi connectivity index (χ0n) is 11.5. The van der Waals surface area contributed by atoms with E-state index in [2.05, 4.69) is 10.1 Å². The lowest BCUT2D eigenvalue weighted by molar-refractivity contribution is 0.0696. The highest BCUT2D eigenvalue weighted by atomic mass is 16.4. The van der Waals surface area contributed by atoms with Crippen LogP contribution in [0, 0.1) is 0 Å². The van der Waals surface area contributed by atoms with Crippen molar-refractivity contribution in [3.05, 3.63) is 29.5 Å². The van der Waals surface area contributed by atoms with Gasteiger partial charge in [-0.2, -0.15) is 5.10 Å². The van der Waals surface area contributed by atoms with Crippen LogP contribution in [0.15, 0.2) is 18.3 Å². The SMILES string of the molecule is Cn1ncc2c(N)nc3cc(C4CC4)c(C(=O)O)cc3c21. The number of rotatable bonds is 2. The predicted molar refractivity (Wildman–Crippen MR) is 79.4 cm³/mol. The van der Waals surface area contributed by atoms with Gasteiger partial charge in [-0.3, -0.25) is 4.68 Å². The van der Waals surface area contributed by atoms with Crippen LogP contribution in [-0.2, 0) is 7.05 Å². The summed E-state index contributed by atoms with van der Waals surface area (Å²) in [5, 5.41) is 15.2. The molecule has 1 aromatic carbocycles. The first-order valence-corrected chi connectivity index (χ1v) is 6.84. The molecule has 3 N–H and O–H groups in total. The van der Waals surface area contributed by atoms with Gasteiger partial charge in [0.2, 0.25) is 0 Å². The van der Waals surface area contributed by atoms with E-state index in [1.165, 1.54) is 0 Å². The normalized spacial score (nSPS) is 14.9. The molecule has 1 saturated carbocycles. The van der Waals surface area contributed by atoms with Gasteiger partial charge in [-0.25, -0.2) is 9.78 Å². The van der Waals surface area contributed by atoms with E-state index in [0.29, 0.717) is 17.3 Å². The van der Waals surface area contributed by atoms with Crippen molar-refractivity contribution in [2.24, 2.45) is 7.05 Å². The second-order valence-corrected chi connectivity index (χ2v) is 5.56. The van der Waals surface area contributed by atoms with Crippen LogP contribution in [0.3, 0.4) is 0 Å². The van der Waals surface area contributed by atoms with Gasteiger partial charge in [0.1, 0.15) is 5.82 Å². The molecule has 6 nitrogen and oxygen atoms in total. The molecule has 1 fully saturated rings. The van der Waals surface area contributed by atoms with E-state index < -0.39 is 5.97 Å². The summed E-state index contributed by atoms with van der Waals surface area (Å²) in [6, 6.07) is 3.58. The van der Waals surface area contributed by atoms with E-state index in [0.717, 1.165) is 40.2 Å². The number of carbonyl (C=O) groups is 1. The van der Waals surface area contributed by atoms with Crippen LogP contribution in [0.25, 0.3) is 21.8 Å². The number of aryl methyl sites for hydroxylation is 1. The van der Waals surface area contributed by atoms with Gasteiger partial charge in [-0.1, -0.05) is 0 Å². The molecule has 0 atom stereocenters. The lowest BCUT2D eigenvalue weighted by atomic mass is 9.99. The molecule has 0 unspecified atom stereocenters. The maximum atomic E-state index is 11.6. The van der Waals surface area contributed by atoms with Crippen LogP contribution >= 0.6 is 0 Å². The average molecular weight is 282 g/mol. The average Bonchev–Trinajstić information content (AvgIpc) is 3.21. The smallest absolute Gasteiger partial charge is 0.335 e. The molecule has 1 aliphatic rings. The summed E-state index contributed by atoms with van der Waals surface area (Å²) >= 11 is 0. The van der Waals surface area contributed by atoms with Crippen LogP contribution < -0.4 is 5.73 Å². The molecule has 0 aliphatic heterocycles. The summed E-state index contributed by atoms with van der Waals surface area (Å²) in [6.45, 7) is 0. The van der Waals surface area contributed by atoms with E-state index in [-0.39, 0.29) is 0 Å². The van der Waals surface area contributed by atoms with E-state index in [1.54, 1.807) is 16.9 Å². The number of anilines is 1. The molecule has 4 rings (SSSR count). The van der Waals surface area contributed by atoms with Gasteiger partial charge in [0.05, 0.1) is 28.2 Å². The quantitative estimate of drug-likeness (QED) is 0.752. The Morgan fingerprint density at radius 2 is 2.14 bits per heavy atom. The van der Waals surface area contributed by atoms with E-state index >= 15 is 0 Å². The summed E-state index contributed by atoms with van der Waals surface area (Å²) in [5.41, 5.74) is 8.77. The molecule has 0 amide bonds. The molecule has 0 spiro atoms. The molecule has 0 saturated heterocycles. The lowest BCUT2D eigenvalue weighted by Crippen LogP contribution is -2.04. The first kappa shape index (κ1) is 12.1. The summed E-state index contributed by atoms with van der Waals surface area (Å²) in [7, 11) is 1.82. The van der Waals surface area contributed by atoms with Crippen molar-refractivity contribution in [1.29, 1.82) is 0 Å². The third-order valence-corrected chi connectivity index (χ3v) is 4.13. The van der Waals surface area contributed by atoms with E-state index in [4.69, 9.17) is 5.73 Å². The van der Waals surface area contributed by atoms with Gasteiger partial charge in [-0.15, -0.1) is 0 Å². The molecule has 21 heavy (non-hydrogen) atoms.